The first-order valence-corrected chi connectivity index (χ1v) is 7.53. The maximum absolute atomic E-state index is 12.5. The van der Waals surface area contributed by atoms with E-state index in [9.17, 15) is 9.59 Å². The molecule has 0 saturated carbocycles. The molecule has 1 aromatic heterocycles. The molecule has 6 nitrogen and oxygen atoms in total. The molecule has 7 heteroatoms. The van der Waals surface area contributed by atoms with Crippen LogP contribution in [0.2, 0.25) is 0 Å². The third kappa shape index (κ3) is 2.29. The van der Waals surface area contributed by atoms with E-state index in [2.05, 4.69) is 22.1 Å². The highest BCUT2D eigenvalue weighted by Crippen LogP contribution is 2.33. The molecular weight excluding hydrogens is 300 g/mol. The van der Waals surface area contributed by atoms with Gasteiger partial charge in [0, 0.05) is 16.8 Å². The smallest absolute Gasteiger partial charge is 0.259 e. The molecule has 112 valence electrons. The Balaban J connectivity index is 1.81. The Labute approximate surface area is 131 Å². The Bertz CT molecular complexity index is 748. The van der Waals surface area contributed by atoms with Gasteiger partial charge in [0.05, 0.1) is 0 Å². The maximum atomic E-state index is 12.5. The van der Waals surface area contributed by atoms with E-state index in [0.717, 1.165) is 10.6 Å². The van der Waals surface area contributed by atoms with Crippen LogP contribution in [-0.4, -0.2) is 33.0 Å². The molecule has 1 aliphatic rings. The molecule has 1 atom stereocenters. The fourth-order valence-electron chi connectivity index (χ4n) is 2.39. The van der Waals surface area contributed by atoms with Gasteiger partial charge in [-0.25, -0.2) is 0 Å². The van der Waals surface area contributed by atoms with Crippen LogP contribution >= 0.6 is 11.3 Å². The van der Waals surface area contributed by atoms with Gasteiger partial charge >= 0.3 is 0 Å². The highest BCUT2D eigenvalue weighted by molar-refractivity contribution is 7.15. The average molecular weight is 314 g/mol. The van der Waals surface area contributed by atoms with Crippen molar-refractivity contribution in [3.8, 4) is 0 Å². The van der Waals surface area contributed by atoms with Gasteiger partial charge in [0.15, 0.2) is 0 Å². The minimum Gasteiger partial charge on any atom is -0.299 e. The monoisotopic (exact) mass is 314 g/mol. The van der Waals surface area contributed by atoms with Gasteiger partial charge in [-0.05, 0) is 19.9 Å². The SMILES string of the molecule is C=C1c2ccccc2C(=O)N1[C@@H](C)C(=O)Nc1nnc(C)s1. The molecule has 0 bridgehead atoms. The summed E-state index contributed by atoms with van der Waals surface area (Å²) in [7, 11) is 0. The van der Waals surface area contributed by atoms with E-state index in [-0.39, 0.29) is 11.8 Å². The van der Waals surface area contributed by atoms with Gasteiger partial charge in [0.25, 0.3) is 5.91 Å². The van der Waals surface area contributed by atoms with Crippen molar-refractivity contribution in [3.63, 3.8) is 0 Å². The van der Waals surface area contributed by atoms with Crippen LogP contribution in [0, 0.1) is 6.92 Å². The van der Waals surface area contributed by atoms with Gasteiger partial charge in [-0.15, -0.1) is 10.2 Å². The molecule has 0 spiro atoms. The van der Waals surface area contributed by atoms with Crippen LogP contribution in [0.3, 0.4) is 0 Å². The fourth-order valence-corrected chi connectivity index (χ4v) is 2.98. The molecule has 2 aromatic rings. The predicted octanol–water partition coefficient (Wildman–Crippen LogP) is 2.30. The molecule has 0 radical (unpaired) electrons. The first-order valence-electron chi connectivity index (χ1n) is 6.72. The number of anilines is 1. The van der Waals surface area contributed by atoms with Crippen molar-refractivity contribution in [2.24, 2.45) is 0 Å². The minimum absolute atomic E-state index is 0.211. The lowest BCUT2D eigenvalue weighted by Crippen LogP contribution is -2.41. The fraction of sp³-hybridized carbons (Fsp3) is 0.200. The Kier molecular flexibility index (Phi) is 3.50. The lowest BCUT2D eigenvalue weighted by molar-refractivity contribution is -0.119. The van der Waals surface area contributed by atoms with Crippen LogP contribution in [0.25, 0.3) is 5.70 Å². The van der Waals surface area contributed by atoms with E-state index in [1.54, 1.807) is 26.0 Å². The van der Waals surface area contributed by atoms with E-state index >= 15 is 0 Å². The number of carbonyl (C=O) groups excluding carboxylic acids is 2. The first kappa shape index (κ1) is 14.4. The van der Waals surface area contributed by atoms with Crippen molar-refractivity contribution in [2.45, 2.75) is 19.9 Å². The number of nitrogens with zero attached hydrogens (tertiary/aromatic N) is 3. The number of hydrogen-bond donors (Lipinski definition) is 1. The van der Waals surface area contributed by atoms with Gasteiger partial charge in [-0.1, -0.05) is 36.1 Å². The van der Waals surface area contributed by atoms with Crippen molar-refractivity contribution in [1.82, 2.24) is 15.1 Å². The number of benzene rings is 1. The summed E-state index contributed by atoms with van der Waals surface area (Å²) in [6.07, 6.45) is 0. The normalized spacial score (nSPS) is 14.9. The lowest BCUT2D eigenvalue weighted by Gasteiger charge is -2.24. The van der Waals surface area contributed by atoms with Crippen LogP contribution in [0.15, 0.2) is 30.8 Å². The Hall–Kier alpha value is -2.54. The molecule has 3 rings (SSSR count). The molecule has 2 amide bonds. The second-order valence-electron chi connectivity index (χ2n) is 4.96. The number of aryl methyl sites for hydroxylation is 1. The summed E-state index contributed by atoms with van der Waals surface area (Å²) in [6, 6.07) is 6.52. The minimum atomic E-state index is -0.684. The number of rotatable bonds is 3. The second-order valence-corrected chi connectivity index (χ2v) is 6.14. The van der Waals surface area contributed by atoms with Gasteiger partial charge in [0.1, 0.15) is 11.0 Å². The molecule has 0 saturated heterocycles. The molecular formula is C15H14N4O2S. The van der Waals surface area contributed by atoms with Crippen molar-refractivity contribution in [3.05, 3.63) is 47.0 Å². The lowest BCUT2D eigenvalue weighted by atomic mass is 10.1. The molecule has 0 fully saturated rings. The largest absolute Gasteiger partial charge is 0.299 e. The zero-order chi connectivity index (χ0) is 15.9. The van der Waals surface area contributed by atoms with Gasteiger partial charge < -0.3 is 0 Å². The average Bonchev–Trinajstić information content (AvgIpc) is 3.01. The molecule has 0 unspecified atom stereocenters. The summed E-state index contributed by atoms with van der Waals surface area (Å²) in [4.78, 5) is 26.2. The van der Waals surface area contributed by atoms with E-state index in [4.69, 9.17) is 0 Å². The van der Waals surface area contributed by atoms with Crippen molar-refractivity contribution >= 4 is 34.0 Å². The third-order valence-corrected chi connectivity index (χ3v) is 4.25. The highest BCUT2D eigenvalue weighted by Gasteiger charge is 2.36. The Morgan fingerprint density at radius 1 is 1.32 bits per heavy atom. The zero-order valence-electron chi connectivity index (χ0n) is 12.2. The van der Waals surface area contributed by atoms with Gasteiger partial charge in [-0.2, -0.15) is 0 Å². The quantitative estimate of drug-likeness (QED) is 0.943. The van der Waals surface area contributed by atoms with E-state index in [1.807, 2.05) is 12.1 Å². The maximum Gasteiger partial charge on any atom is 0.259 e. The van der Waals surface area contributed by atoms with Crippen molar-refractivity contribution < 1.29 is 9.59 Å². The molecule has 1 aromatic carbocycles. The Morgan fingerprint density at radius 3 is 2.59 bits per heavy atom. The number of nitrogens with one attached hydrogen (secondary N) is 1. The standard InChI is InChI=1S/C15H14N4O2S/c1-8-11-6-4-5-7-12(11)14(21)19(8)9(2)13(20)16-15-18-17-10(3)22-15/h4-7,9H,1H2,2-3H3,(H,16,18,20)/t9-/m0/s1. The summed E-state index contributed by atoms with van der Waals surface area (Å²) in [5.41, 5.74) is 1.87. The predicted molar refractivity (Wildman–Crippen MR) is 84.4 cm³/mol. The van der Waals surface area contributed by atoms with Crippen LogP contribution in [0.1, 0.15) is 27.9 Å². The molecule has 22 heavy (non-hydrogen) atoms. The summed E-state index contributed by atoms with van der Waals surface area (Å²) in [6.45, 7) is 7.41. The van der Waals surface area contributed by atoms with Gasteiger partial charge in [0.2, 0.25) is 11.0 Å². The van der Waals surface area contributed by atoms with Crippen molar-refractivity contribution in [1.29, 1.82) is 0 Å². The molecule has 1 N–H and O–H groups in total. The van der Waals surface area contributed by atoms with E-state index in [1.165, 1.54) is 16.2 Å². The topological polar surface area (TPSA) is 75.2 Å². The second kappa shape index (κ2) is 5.34. The number of carbonyl (C=O) groups is 2. The summed E-state index contributed by atoms with van der Waals surface area (Å²) in [5, 5.41) is 11.6. The first-order chi connectivity index (χ1) is 10.5. The van der Waals surface area contributed by atoms with Crippen LogP contribution in [0.5, 0.6) is 0 Å². The third-order valence-electron chi connectivity index (χ3n) is 3.50. The van der Waals surface area contributed by atoms with Crippen LogP contribution in [0.4, 0.5) is 5.13 Å². The summed E-state index contributed by atoms with van der Waals surface area (Å²) < 4.78 is 0. The zero-order valence-corrected chi connectivity index (χ0v) is 13.0. The highest BCUT2D eigenvalue weighted by atomic mass is 32.1. The van der Waals surface area contributed by atoms with Gasteiger partial charge in [-0.3, -0.25) is 19.8 Å². The summed E-state index contributed by atoms with van der Waals surface area (Å²) >= 11 is 1.28. The number of aromatic nitrogens is 2. The molecule has 1 aliphatic heterocycles. The van der Waals surface area contributed by atoms with E-state index < -0.39 is 6.04 Å². The Morgan fingerprint density at radius 2 is 2.00 bits per heavy atom. The van der Waals surface area contributed by atoms with Crippen LogP contribution < -0.4 is 5.32 Å². The van der Waals surface area contributed by atoms with E-state index in [0.29, 0.717) is 16.4 Å². The van der Waals surface area contributed by atoms with Crippen molar-refractivity contribution in [2.75, 3.05) is 5.32 Å². The van der Waals surface area contributed by atoms with Crippen LogP contribution in [-0.2, 0) is 4.79 Å². The number of amides is 2. The molecule has 0 aliphatic carbocycles. The summed E-state index contributed by atoms with van der Waals surface area (Å²) in [5.74, 6) is -0.532. The number of hydrogen-bond acceptors (Lipinski definition) is 5. The molecule has 2 heterocycles. The number of fused-ring (bicyclic) bond motifs is 1.